The van der Waals surface area contributed by atoms with Crippen molar-refractivity contribution in [3.63, 3.8) is 0 Å². The minimum Gasteiger partial charge on any atom is -0.336 e. The maximum Gasteiger partial charge on any atom is 0.257 e. The van der Waals surface area contributed by atoms with Gasteiger partial charge in [0.05, 0.1) is 22.6 Å². The molecule has 0 unspecified atom stereocenters. The minimum absolute atomic E-state index is 0.0650. The number of piperazine rings is 1. The van der Waals surface area contributed by atoms with Gasteiger partial charge in [0.1, 0.15) is 5.82 Å². The zero-order valence-corrected chi connectivity index (χ0v) is 14.7. The molecular formula is C19H23FN4O. The molecule has 1 amide bonds. The molecule has 0 bridgehead atoms. The van der Waals surface area contributed by atoms with E-state index < -0.39 is 0 Å². The number of halogens is 1. The molecule has 0 atom stereocenters. The minimum atomic E-state index is -0.299. The van der Waals surface area contributed by atoms with Gasteiger partial charge in [-0.15, -0.1) is 0 Å². The first kappa shape index (κ1) is 16.3. The molecule has 6 heteroatoms. The van der Waals surface area contributed by atoms with Gasteiger partial charge < -0.3 is 9.80 Å². The van der Waals surface area contributed by atoms with Crippen LogP contribution in [0, 0.1) is 12.7 Å². The van der Waals surface area contributed by atoms with Crippen molar-refractivity contribution in [1.82, 2.24) is 19.6 Å². The highest BCUT2D eigenvalue weighted by Crippen LogP contribution is 2.42. The number of carbonyl (C=O) groups is 1. The van der Waals surface area contributed by atoms with Crippen LogP contribution in [0.25, 0.3) is 5.69 Å². The van der Waals surface area contributed by atoms with Crippen LogP contribution < -0.4 is 0 Å². The third-order valence-electron chi connectivity index (χ3n) is 5.16. The maximum atomic E-state index is 13.6. The number of benzene rings is 1. The van der Waals surface area contributed by atoms with E-state index in [1.165, 1.54) is 12.1 Å². The van der Waals surface area contributed by atoms with Crippen LogP contribution >= 0.6 is 0 Å². The summed E-state index contributed by atoms with van der Waals surface area (Å²) >= 11 is 0. The zero-order chi connectivity index (χ0) is 17.6. The number of amides is 1. The lowest BCUT2D eigenvalue weighted by atomic mass is 10.1. The molecule has 1 aliphatic carbocycles. The van der Waals surface area contributed by atoms with Gasteiger partial charge in [-0.25, -0.2) is 9.07 Å². The molecule has 0 N–H and O–H groups in total. The van der Waals surface area contributed by atoms with E-state index >= 15 is 0 Å². The van der Waals surface area contributed by atoms with Crippen LogP contribution in [0.3, 0.4) is 0 Å². The highest BCUT2D eigenvalue weighted by atomic mass is 19.1. The SMILES string of the molecule is Cc1c(C(=O)N2CCN(C)CC2)c(C2CC2)nn1-c1cccc(F)c1. The second kappa shape index (κ2) is 6.26. The number of hydrogen-bond donors (Lipinski definition) is 0. The van der Waals surface area contributed by atoms with Crippen molar-refractivity contribution in [2.45, 2.75) is 25.7 Å². The van der Waals surface area contributed by atoms with E-state index in [-0.39, 0.29) is 11.7 Å². The van der Waals surface area contributed by atoms with Crippen molar-refractivity contribution in [2.24, 2.45) is 0 Å². The number of aromatic nitrogens is 2. The summed E-state index contributed by atoms with van der Waals surface area (Å²) in [6, 6.07) is 6.37. The topological polar surface area (TPSA) is 41.4 Å². The van der Waals surface area contributed by atoms with Gasteiger partial charge in [-0.05, 0) is 45.0 Å². The Balaban J connectivity index is 1.73. The first-order chi connectivity index (χ1) is 12.0. The molecule has 5 nitrogen and oxygen atoms in total. The molecule has 2 fully saturated rings. The molecule has 0 radical (unpaired) electrons. The molecule has 25 heavy (non-hydrogen) atoms. The van der Waals surface area contributed by atoms with Gasteiger partial charge in [0.2, 0.25) is 0 Å². The molecule has 4 rings (SSSR count). The van der Waals surface area contributed by atoms with Gasteiger partial charge in [-0.2, -0.15) is 5.10 Å². The Morgan fingerprint density at radius 1 is 1.20 bits per heavy atom. The van der Waals surface area contributed by atoms with E-state index in [9.17, 15) is 9.18 Å². The molecule has 0 spiro atoms. The van der Waals surface area contributed by atoms with E-state index in [1.54, 1.807) is 10.7 Å². The lowest BCUT2D eigenvalue weighted by Gasteiger charge is -2.32. The Labute approximate surface area is 147 Å². The molecule has 1 saturated heterocycles. The average molecular weight is 342 g/mol. The van der Waals surface area contributed by atoms with E-state index in [2.05, 4.69) is 11.9 Å². The number of hydrogen-bond acceptors (Lipinski definition) is 3. The second-order valence-electron chi connectivity index (χ2n) is 7.11. The Kier molecular flexibility index (Phi) is 4.07. The summed E-state index contributed by atoms with van der Waals surface area (Å²) in [6.45, 7) is 5.17. The summed E-state index contributed by atoms with van der Waals surface area (Å²) in [7, 11) is 2.07. The third kappa shape index (κ3) is 3.06. The van der Waals surface area contributed by atoms with Crippen LogP contribution in [0.15, 0.2) is 24.3 Å². The van der Waals surface area contributed by atoms with Gasteiger partial charge in [0.15, 0.2) is 0 Å². The van der Waals surface area contributed by atoms with Gasteiger partial charge in [0, 0.05) is 32.1 Å². The lowest BCUT2D eigenvalue weighted by Crippen LogP contribution is -2.47. The molecule has 2 aromatic rings. The number of carbonyl (C=O) groups excluding carboxylic acids is 1. The normalized spacial score (nSPS) is 18.6. The third-order valence-corrected chi connectivity index (χ3v) is 5.16. The second-order valence-corrected chi connectivity index (χ2v) is 7.11. The average Bonchev–Trinajstić information content (AvgIpc) is 3.38. The van der Waals surface area contributed by atoms with Gasteiger partial charge in [-0.3, -0.25) is 4.79 Å². The van der Waals surface area contributed by atoms with E-state index in [0.717, 1.165) is 56.0 Å². The van der Waals surface area contributed by atoms with Crippen LogP contribution in [-0.2, 0) is 0 Å². The molecule has 132 valence electrons. The summed E-state index contributed by atoms with van der Waals surface area (Å²) in [6.07, 6.45) is 2.14. The summed E-state index contributed by atoms with van der Waals surface area (Å²) in [5.74, 6) is 0.127. The fourth-order valence-corrected chi connectivity index (χ4v) is 3.46. The Morgan fingerprint density at radius 2 is 1.92 bits per heavy atom. The Morgan fingerprint density at radius 3 is 2.56 bits per heavy atom. The van der Waals surface area contributed by atoms with Gasteiger partial charge in [-0.1, -0.05) is 6.07 Å². The summed E-state index contributed by atoms with van der Waals surface area (Å²) in [5, 5.41) is 4.71. The van der Waals surface area contributed by atoms with Crippen molar-refractivity contribution in [1.29, 1.82) is 0 Å². The first-order valence-electron chi connectivity index (χ1n) is 8.88. The first-order valence-corrected chi connectivity index (χ1v) is 8.88. The number of likely N-dealkylation sites (N-methyl/N-ethyl adjacent to an activating group) is 1. The predicted octanol–water partition coefficient (Wildman–Crippen LogP) is 2.58. The summed E-state index contributed by atoms with van der Waals surface area (Å²) in [4.78, 5) is 17.3. The van der Waals surface area contributed by atoms with Crippen LogP contribution in [0.2, 0.25) is 0 Å². The van der Waals surface area contributed by atoms with Crippen molar-refractivity contribution < 1.29 is 9.18 Å². The largest absolute Gasteiger partial charge is 0.336 e. The fraction of sp³-hybridized carbons (Fsp3) is 0.474. The smallest absolute Gasteiger partial charge is 0.257 e. The van der Waals surface area contributed by atoms with Crippen LogP contribution in [-0.4, -0.2) is 58.7 Å². The van der Waals surface area contributed by atoms with Crippen molar-refractivity contribution >= 4 is 5.91 Å². The molecule has 1 saturated carbocycles. The highest BCUT2D eigenvalue weighted by Gasteiger charge is 2.35. The molecule has 1 aromatic carbocycles. The van der Waals surface area contributed by atoms with Crippen LogP contribution in [0.1, 0.15) is 40.5 Å². The predicted molar refractivity (Wildman–Crippen MR) is 93.6 cm³/mol. The number of rotatable bonds is 3. The Hall–Kier alpha value is -2.21. The van der Waals surface area contributed by atoms with Crippen molar-refractivity contribution in [2.75, 3.05) is 33.2 Å². The van der Waals surface area contributed by atoms with Crippen LogP contribution in [0.4, 0.5) is 4.39 Å². The van der Waals surface area contributed by atoms with Crippen molar-refractivity contribution in [3.8, 4) is 5.69 Å². The quantitative estimate of drug-likeness (QED) is 0.861. The monoisotopic (exact) mass is 342 g/mol. The highest BCUT2D eigenvalue weighted by molar-refractivity contribution is 5.97. The molecule has 2 aliphatic rings. The molecular weight excluding hydrogens is 319 g/mol. The Bertz CT molecular complexity index is 804. The van der Waals surface area contributed by atoms with E-state index in [4.69, 9.17) is 5.10 Å². The standard InChI is InChI=1S/C19H23FN4O/c1-13-17(19(25)23-10-8-22(2)9-11-23)18(14-6-7-14)21-24(13)16-5-3-4-15(20)12-16/h3-5,12,14H,6-11H2,1-2H3. The maximum absolute atomic E-state index is 13.6. The van der Waals surface area contributed by atoms with E-state index in [1.807, 2.05) is 17.9 Å². The van der Waals surface area contributed by atoms with Crippen LogP contribution in [0.5, 0.6) is 0 Å². The van der Waals surface area contributed by atoms with Gasteiger partial charge in [0.25, 0.3) is 5.91 Å². The lowest BCUT2D eigenvalue weighted by molar-refractivity contribution is 0.0662. The van der Waals surface area contributed by atoms with Crippen molar-refractivity contribution in [3.05, 3.63) is 47.0 Å². The summed E-state index contributed by atoms with van der Waals surface area (Å²) < 4.78 is 15.4. The summed E-state index contributed by atoms with van der Waals surface area (Å²) in [5.41, 5.74) is 3.07. The number of nitrogens with zero attached hydrogens (tertiary/aromatic N) is 4. The zero-order valence-electron chi connectivity index (χ0n) is 14.7. The van der Waals surface area contributed by atoms with Gasteiger partial charge >= 0.3 is 0 Å². The molecule has 1 aromatic heterocycles. The molecule has 2 heterocycles. The molecule has 1 aliphatic heterocycles. The van der Waals surface area contributed by atoms with E-state index in [0.29, 0.717) is 11.6 Å². The fourth-order valence-electron chi connectivity index (χ4n) is 3.46.